The lowest BCUT2D eigenvalue weighted by molar-refractivity contribution is -0.137. The van der Waals surface area contributed by atoms with Crippen LogP contribution >= 0.6 is 31.9 Å². The SMILES string of the molecule is O=C1Oc2ccccc2C1(CC(Br)CBr)c1ccccc1. The van der Waals surface area contributed by atoms with Gasteiger partial charge in [-0.2, -0.15) is 0 Å². The summed E-state index contributed by atoms with van der Waals surface area (Å²) in [6.07, 6.45) is 0.651. The standard InChI is InChI=1S/C17H14Br2O2/c18-11-13(19)10-17(12-6-2-1-3-7-12)14-8-4-5-9-15(14)21-16(17)20/h1-9,13H,10-11H2. The Morgan fingerprint density at radius 1 is 1.05 bits per heavy atom. The van der Waals surface area contributed by atoms with E-state index in [9.17, 15) is 4.79 Å². The summed E-state index contributed by atoms with van der Waals surface area (Å²) in [6.45, 7) is 0. The van der Waals surface area contributed by atoms with Gasteiger partial charge in [-0.05, 0) is 18.1 Å². The Morgan fingerprint density at radius 2 is 1.71 bits per heavy atom. The lowest BCUT2D eigenvalue weighted by Crippen LogP contribution is -2.37. The van der Waals surface area contributed by atoms with Crippen molar-refractivity contribution < 1.29 is 9.53 Å². The second-order valence-electron chi connectivity index (χ2n) is 5.11. The van der Waals surface area contributed by atoms with Crippen LogP contribution in [-0.4, -0.2) is 16.1 Å². The number of alkyl halides is 2. The third-order valence-electron chi connectivity index (χ3n) is 3.86. The molecule has 2 nitrogen and oxygen atoms in total. The second kappa shape index (κ2) is 5.93. The summed E-state index contributed by atoms with van der Waals surface area (Å²) in [5, 5.41) is 0.775. The zero-order valence-electron chi connectivity index (χ0n) is 11.3. The largest absolute Gasteiger partial charge is 0.425 e. The van der Waals surface area contributed by atoms with Crippen molar-refractivity contribution >= 4 is 37.8 Å². The van der Waals surface area contributed by atoms with Gasteiger partial charge in [0.05, 0.1) is 0 Å². The highest BCUT2D eigenvalue weighted by Crippen LogP contribution is 2.48. The molecule has 2 aromatic rings. The van der Waals surface area contributed by atoms with Crippen LogP contribution in [0.1, 0.15) is 17.5 Å². The summed E-state index contributed by atoms with van der Waals surface area (Å²) in [6, 6.07) is 17.6. The van der Waals surface area contributed by atoms with Gasteiger partial charge >= 0.3 is 5.97 Å². The predicted octanol–water partition coefficient (Wildman–Crippen LogP) is 4.44. The summed E-state index contributed by atoms with van der Waals surface area (Å²) in [5.74, 6) is 0.473. The normalized spacial score (nSPS) is 21.7. The van der Waals surface area contributed by atoms with Crippen molar-refractivity contribution in [2.75, 3.05) is 5.33 Å². The number of carbonyl (C=O) groups excluding carboxylic acids is 1. The molecule has 0 bridgehead atoms. The Morgan fingerprint density at radius 3 is 2.43 bits per heavy atom. The van der Waals surface area contributed by atoms with Crippen LogP contribution in [0.5, 0.6) is 5.75 Å². The summed E-state index contributed by atoms with van der Waals surface area (Å²) < 4.78 is 5.55. The van der Waals surface area contributed by atoms with Gasteiger partial charge in [-0.25, -0.2) is 0 Å². The molecule has 0 fully saturated rings. The number of rotatable bonds is 4. The lowest BCUT2D eigenvalue weighted by Gasteiger charge is -2.28. The van der Waals surface area contributed by atoms with Gasteiger partial charge in [0.2, 0.25) is 0 Å². The molecule has 2 atom stereocenters. The molecular weight excluding hydrogens is 396 g/mol. The van der Waals surface area contributed by atoms with Crippen molar-refractivity contribution in [3.63, 3.8) is 0 Å². The molecule has 1 aliphatic heterocycles. The Bertz CT molecular complexity index is 657. The first-order valence-electron chi connectivity index (χ1n) is 6.76. The van der Waals surface area contributed by atoms with Crippen molar-refractivity contribution in [2.45, 2.75) is 16.7 Å². The van der Waals surface area contributed by atoms with Crippen LogP contribution in [0.25, 0.3) is 0 Å². The molecule has 1 heterocycles. The number of fused-ring (bicyclic) bond motifs is 1. The minimum atomic E-state index is -0.736. The molecule has 1 aliphatic rings. The van der Waals surface area contributed by atoms with E-state index in [1.165, 1.54) is 0 Å². The van der Waals surface area contributed by atoms with Gasteiger partial charge in [0.1, 0.15) is 11.2 Å². The van der Waals surface area contributed by atoms with E-state index in [1.807, 2.05) is 54.6 Å². The Kier molecular flexibility index (Phi) is 4.18. The molecule has 0 spiro atoms. The van der Waals surface area contributed by atoms with Crippen molar-refractivity contribution in [2.24, 2.45) is 0 Å². The number of hydrogen-bond donors (Lipinski definition) is 0. The van der Waals surface area contributed by atoms with Crippen molar-refractivity contribution in [1.29, 1.82) is 0 Å². The average Bonchev–Trinajstić information content (AvgIpc) is 2.81. The van der Waals surface area contributed by atoms with Gasteiger partial charge in [0.25, 0.3) is 0 Å². The third kappa shape index (κ3) is 2.44. The Balaban J connectivity index is 2.20. The Labute approximate surface area is 140 Å². The fraction of sp³-hybridized carbons (Fsp3) is 0.235. The number of carbonyl (C=O) groups is 1. The van der Waals surface area contributed by atoms with E-state index in [-0.39, 0.29) is 10.8 Å². The zero-order valence-corrected chi connectivity index (χ0v) is 14.4. The highest BCUT2D eigenvalue weighted by molar-refractivity contribution is 9.12. The predicted molar refractivity (Wildman–Crippen MR) is 90.4 cm³/mol. The van der Waals surface area contributed by atoms with Gasteiger partial charge in [0.15, 0.2) is 0 Å². The maximum absolute atomic E-state index is 12.7. The third-order valence-corrected chi connectivity index (χ3v) is 6.16. The number of benzene rings is 2. The molecule has 0 amide bonds. The monoisotopic (exact) mass is 408 g/mol. The van der Waals surface area contributed by atoms with E-state index < -0.39 is 5.41 Å². The fourth-order valence-corrected chi connectivity index (χ4v) is 3.61. The van der Waals surface area contributed by atoms with Crippen molar-refractivity contribution in [1.82, 2.24) is 0 Å². The molecule has 3 rings (SSSR count). The maximum atomic E-state index is 12.7. The molecule has 21 heavy (non-hydrogen) atoms. The first-order valence-corrected chi connectivity index (χ1v) is 8.79. The summed E-state index contributed by atoms with van der Waals surface area (Å²) in [7, 11) is 0. The van der Waals surface area contributed by atoms with Crippen LogP contribution in [0.2, 0.25) is 0 Å². The van der Waals surface area contributed by atoms with Gasteiger partial charge in [-0.1, -0.05) is 80.4 Å². The van der Waals surface area contributed by atoms with Crippen LogP contribution in [0.4, 0.5) is 0 Å². The minimum absolute atomic E-state index is 0.177. The smallest absolute Gasteiger partial charge is 0.326 e. The van der Waals surface area contributed by atoms with Gasteiger partial charge in [0, 0.05) is 15.7 Å². The second-order valence-corrected chi connectivity index (χ2v) is 7.06. The number of halogens is 2. The molecular formula is C17H14Br2O2. The topological polar surface area (TPSA) is 26.3 Å². The van der Waals surface area contributed by atoms with E-state index in [1.54, 1.807) is 0 Å². The number of ether oxygens (including phenoxy) is 1. The number of esters is 1. The van der Waals surface area contributed by atoms with E-state index >= 15 is 0 Å². The fourth-order valence-electron chi connectivity index (χ4n) is 2.90. The molecule has 2 unspecified atom stereocenters. The van der Waals surface area contributed by atoms with Crippen LogP contribution in [-0.2, 0) is 10.2 Å². The molecule has 0 saturated carbocycles. The lowest BCUT2D eigenvalue weighted by atomic mass is 9.72. The first-order chi connectivity index (χ1) is 10.2. The van der Waals surface area contributed by atoms with E-state index in [2.05, 4.69) is 31.9 Å². The molecule has 0 N–H and O–H groups in total. The summed E-state index contributed by atoms with van der Waals surface area (Å²) in [4.78, 5) is 12.9. The molecule has 0 aliphatic carbocycles. The summed E-state index contributed by atoms with van der Waals surface area (Å²) in [5.41, 5.74) is 1.19. The number of para-hydroxylation sites is 1. The van der Waals surface area contributed by atoms with E-state index in [0.717, 1.165) is 16.5 Å². The highest BCUT2D eigenvalue weighted by atomic mass is 79.9. The first kappa shape index (κ1) is 14.8. The number of hydrogen-bond acceptors (Lipinski definition) is 2. The van der Waals surface area contributed by atoms with Gasteiger partial charge in [-0.3, -0.25) is 4.79 Å². The van der Waals surface area contributed by atoms with Crippen LogP contribution < -0.4 is 4.74 Å². The molecule has 0 radical (unpaired) electrons. The molecule has 108 valence electrons. The zero-order chi connectivity index (χ0) is 14.9. The highest BCUT2D eigenvalue weighted by Gasteiger charge is 2.51. The van der Waals surface area contributed by atoms with Crippen LogP contribution in [0.3, 0.4) is 0 Å². The average molecular weight is 410 g/mol. The van der Waals surface area contributed by atoms with Crippen molar-refractivity contribution in [3.05, 3.63) is 65.7 Å². The van der Waals surface area contributed by atoms with E-state index in [0.29, 0.717) is 12.2 Å². The van der Waals surface area contributed by atoms with Crippen LogP contribution in [0.15, 0.2) is 54.6 Å². The Hall–Kier alpha value is -1.13. The minimum Gasteiger partial charge on any atom is -0.425 e. The van der Waals surface area contributed by atoms with Gasteiger partial charge in [-0.15, -0.1) is 0 Å². The molecule has 0 aromatic heterocycles. The van der Waals surface area contributed by atoms with Gasteiger partial charge < -0.3 is 4.74 Å². The molecule has 0 saturated heterocycles. The molecule has 2 aromatic carbocycles. The maximum Gasteiger partial charge on any atom is 0.326 e. The summed E-state index contributed by atoms with van der Waals surface area (Å²) >= 11 is 7.12. The quantitative estimate of drug-likeness (QED) is 0.424. The molecule has 4 heteroatoms. The van der Waals surface area contributed by atoms with Crippen LogP contribution in [0, 0.1) is 0 Å². The van der Waals surface area contributed by atoms with E-state index in [4.69, 9.17) is 4.74 Å². The van der Waals surface area contributed by atoms with Crippen molar-refractivity contribution in [3.8, 4) is 5.75 Å².